The minimum absolute atomic E-state index is 0.151. The molecule has 1 aromatic rings. The SMILES string of the molecule is CCCc1ccc(S(=O)(=O)N[C@](C)(CCC)C(=O)OC)cc1. The summed E-state index contributed by atoms with van der Waals surface area (Å²) in [5, 5.41) is 0. The van der Waals surface area contributed by atoms with Crippen LogP contribution in [-0.2, 0) is 26.0 Å². The average molecular weight is 327 g/mol. The van der Waals surface area contributed by atoms with Gasteiger partial charge in [0, 0.05) is 0 Å². The van der Waals surface area contributed by atoms with Gasteiger partial charge >= 0.3 is 5.97 Å². The summed E-state index contributed by atoms with van der Waals surface area (Å²) >= 11 is 0. The number of carbonyl (C=O) groups is 1. The molecule has 5 nitrogen and oxygen atoms in total. The third-order valence-corrected chi connectivity index (χ3v) is 5.13. The Morgan fingerprint density at radius 2 is 1.77 bits per heavy atom. The van der Waals surface area contributed by atoms with Crippen LogP contribution >= 0.6 is 0 Å². The van der Waals surface area contributed by atoms with E-state index < -0.39 is 21.5 Å². The van der Waals surface area contributed by atoms with Crippen LogP contribution in [0.1, 0.15) is 45.6 Å². The molecule has 0 bridgehead atoms. The molecule has 0 unspecified atom stereocenters. The van der Waals surface area contributed by atoms with Crippen molar-refractivity contribution in [3.8, 4) is 0 Å². The van der Waals surface area contributed by atoms with E-state index in [0.717, 1.165) is 18.4 Å². The van der Waals surface area contributed by atoms with E-state index in [2.05, 4.69) is 11.6 Å². The molecule has 1 N–H and O–H groups in total. The molecule has 0 heterocycles. The number of methoxy groups -OCH3 is 1. The molecule has 1 aromatic carbocycles. The first kappa shape index (κ1) is 18.6. The number of hydrogen-bond donors (Lipinski definition) is 1. The highest BCUT2D eigenvalue weighted by Crippen LogP contribution is 2.20. The van der Waals surface area contributed by atoms with Crippen LogP contribution in [0.15, 0.2) is 29.2 Å². The number of hydrogen-bond acceptors (Lipinski definition) is 4. The quantitative estimate of drug-likeness (QED) is 0.745. The lowest BCUT2D eigenvalue weighted by atomic mass is 9.98. The van der Waals surface area contributed by atoms with Gasteiger partial charge in [0.2, 0.25) is 10.0 Å². The Hall–Kier alpha value is -1.40. The summed E-state index contributed by atoms with van der Waals surface area (Å²) in [6.45, 7) is 5.50. The summed E-state index contributed by atoms with van der Waals surface area (Å²) < 4.78 is 32.2. The van der Waals surface area contributed by atoms with Crippen LogP contribution in [0, 0.1) is 0 Å². The first-order chi connectivity index (χ1) is 10.3. The number of rotatable bonds is 8. The number of benzene rings is 1. The second-order valence-electron chi connectivity index (χ2n) is 5.57. The maximum atomic E-state index is 12.5. The van der Waals surface area contributed by atoms with Crippen molar-refractivity contribution in [1.29, 1.82) is 0 Å². The molecule has 1 atom stereocenters. The second kappa shape index (κ2) is 7.74. The first-order valence-electron chi connectivity index (χ1n) is 7.50. The van der Waals surface area contributed by atoms with Gasteiger partial charge in [-0.3, -0.25) is 4.79 Å². The number of carbonyl (C=O) groups excluding carboxylic acids is 1. The second-order valence-corrected chi connectivity index (χ2v) is 7.26. The highest BCUT2D eigenvalue weighted by molar-refractivity contribution is 7.89. The molecule has 0 spiro atoms. The van der Waals surface area contributed by atoms with Crippen LogP contribution < -0.4 is 4.72 Å². The molecule has 124 valence electrons. The van der Waals surface area contributed by atoms with Crippen LogP contribution in [-0.4, -0.2) is 27.0 Å². The smallest absolute Gasteiger partial charge is 0.326 e. The highest BCUT2D eigenvalue weighted by atomic mass is 32.2. The molecule has 0 amide bonds. The Kier molecular flexibility index (Phi) is 6.56. The van der Waals surface area contributed by atoms with Gasteiger partial charge in [-0.1, -0.05) is 38.8 Å². The largest absolute Gasteiger partial charge is 0.468 e. The van der Waals surface area contributed by atoms with E-state index >= 15 is 0 Å². The van der Waals surface area contributed by atoms with E-state index in [1.165, 1.54) is 7.11 Å². The zero-order valence-electron chi connectivity index (χ0n) is 13.7. The van der Waals surface area contributed by atoms with E-state index in [1.807, 2.05) is 6.92 Å². The monoisotopic (exact) mass is 327 g/mol. The Labute approximate surface area is 133 Å². The van der Waals surface area contributed by atoms with Crippen molar-refractivity contribution >= 4 is 16.0 Å². The summed E-state index contributed by atoms with van der Waals surface area (Å²) in [7, 11) is -2.52. The van der Waals surface area contributed by atoms with Gasteiger partial charge in [0.05, 0.1) is 12.0 Å². The molecule has 6 heteroatoms. The topological polar surface area (TPSA) is 72.5 Å². The lowest BCUT2D eigenvalue weighted by molar-refractivity contribution is -0.147. The third kappa shape index (κ3) is 4.55. The number of ether oxygens (including phenoxy) is 1. The van der Waals surface area contributed by atoms with Crippen LogP contribution in [0.2, 0.25) is 0 Å². The molecule has 0 aliphatic rings. The predicted octanol–water partition coefficient (Wildman–Crippen LogP) is 2.65. The lowest BCUT2D eigenvalue weighted by Crippen LogP contribution is -2.52. The predicted molar refractivity (Wildman–Crippen MR) is 86.1 cm³/mol. The van der Waals surface area contributed by atoms with E-state index in [9.17, 15) is 13.2 Å². The van der Waals surface area contributed by atoms with Gasteiger partial charge in [0.1, 0.15) is 5.54 Å². The van der Waals surface area contributed by atoms with Crippen molar-refractivity contribution in [3.63, 3.8) is 0 Å². The van der Waals surface area contributed by atoms with Crippen molar-refractivity contribution in [1.82, 2.24) is 4.72 Å². The van der Waals surface area contributed by atoms with Gasteiger partial charge < -0.3 is 4.74 Å². The Balaban J connectivity index is 3.04. The number of aryl methyl sites for hydroxylation is 1. The summed E-state index contributed by atoms with van der Waals surface area (Å²) in [4.78, 5) is 12.1. The molecule has 0 aromatic heterocycles. The number of nitrogens with one attached hydrogen (secondary N) is 1. The zero-order valence-corrected chi connectivity index (χ0v) is 14.5. The Bertz CT molecular complexity index is 595. The van der Waals surface area contributed by atoms with Gasteiger partial charge in [-0.25, -0.2) is 8.42 Å². The fourth-order valence-electron chi connectivity index (χ4n) is 2.40. The van der Waals surface area contributed by atoms with Crippen molar-refractivity contribution in [3.05, 3.63) is 29.8 Å². The Morgan fingerprint density at radius 3 is 2.23 bits per heavy atom. The fourth-order valence-corrected chi connectivity index (χ4v) is 3.79. The van der Waals surface area contributed by atoms with Crippen molar-refractivity contribution in [2.45, 2.75) is 56.9 Å². The summed E-state index contributed by atoms with van der Waals surface area (Å²) in [5.41, 5.74) is -0.171. The molecular formula is C16H25NO4S. The molecule has 1 rings (SSSR count). The standard InChI is InChI=1S/C16H25NO4S/c1-5-7-13-8-10-14(11-9-13)22(19,20)17-16(3,12-6-2)15(18)21-4/h8-11,17H,5-7,12H2,1-4H3/t16-/m1/s1. The van der Waals surface area contributed by atoms with E-state index in [4.69, 9.17) is 4.74 Å². The summed E-state index contributed by atoms with van der Waals surface area (Å²) in [6.07, 6.45) is 2.93. The van der Waals surface area contributed by atoms with Crippen LogP contribution in [0.25, 0.3) is 0 Å². The number of sulfonamides is 1. The maximum Gasteiger partial charge on any atom is 0.326 e. The third-order valence-electron chi connectivity index (χ3n) is 3.52. The van der Waals surface area contributed by atoms with Gasteiger partial charge in [0.15, 0.2) is 0 Å². The summed E-state index contributed by atoms with van der Waals surface area (Å²) in [5.74, 6) is -0.583. The average Bonchev–Trinajstić information content (AvgIpc) is 2.47. The Morgan fingerprint density at radius 1 is 1.18 bits per heavy atom. The van der Waals surface area contributed by atoms with E-state index in [-0.39, 0.29) is 4.90 Å². The molecule has 0 saturated heterocycles. The van der Waals surface area contributed by atoms with Crippen molar-refractivity contribution in [2.75, 3.05) is 7.11 Å². The zero-order chi connectivity index (χ0) is 16.8. The van der Waals surface area contributed by atoms with Crippen LogP contribution in [0.3, 0.4) is 0 Å². The lowest BCUT2D eigenvalue weighted by Gasteiger charge is -2.27. The van der Waals surface area contributed by atoms with Crippen LogP contribution in [0.4, 0.5) is 0 Å². The number of esters is 1. The fraction of sp³-hybridized carbons (Fsp3) is 0.562. The molecule has 0 aliphatic carbocycles. The molecule has 22 heavy (non-hydrogen) atoms. The molecular weight excluding hydrogens is 302 g/mol. The van der Waals surface area contributed by atoms with Crippen molar-refractivity contribution in [2.24, 2.45) is 0 Å². The van der Waals surface area contributed by atoms with Gasteiger partial charge in [0.25, 0.3) is 0 Å². The highest BCUT2D eigenvalue weighted by Gasteiger charge is 2.38. The molecule has 0 radical (unpaired) electrons. The van der Waals surface area contributed by atoms with E-state index in [1.54, 1.807) is 31.2 Å². The maximum absolute atomic E-state index is 12.5. The van der Waals surface area contributed by atoms with Crippen LogP contribution in [0.5, 0.6) is 0 Å². The van der Waals surface area contributed by atoms with Gasteiger partial charge in [-0.05, 0) is 37.5 Å². The van der Waals surface area contributed by atoms with Gasteiger partial charge in [-0.2, -0.15) is 4.72 Å². The first-order valence-corrected chi connectivity index (χ1v) is 8.98. The molecule has 0 fully saturated rings. The van der Waals surface area contributed by atoms with Crippen molar-refractivity contribution < 1.29 is 17.9 Å². The molecule has 0 saturated carbocycles. The van der Waals surface area contributed by atoms with Gasteiger partial charge in [-0.15, -0.1) is 0 Å². The summed E-state index contributed by atoms with van der Waals surface area (Å²) in [6, 6.07) is 6.73. The molecule has 0 aliphatic heterocycles. The van der Waals surface area contributed by atoms with E-state index in [0.29, 0.717) is 12.8 Å². The normalized spacial score (nSPS) is 14.4. The minimum atomic E-state index is -3.78. The minimum Gasteiger partial charge on any atom is -0.468 e.